The number of aliphatic hydroxyl groups is 3. The van der Waals surface area contributed by atoms with E-state index in [-0.39, 0.29) is 19.6 Å². The van der Waals surface area contributed by atoms with Crippen molar-refractivity contribution >= 4 is 16.4 Å². The average Bonchev–Trinajstić information content (AvgIpc) is 3.18. The van der Waals surface area contributed by atoms with E-state index < -0.39 is 59.8 Å². The van der Waals surface area contributed by atoms with Crippen molar-refractivity contribution in [2.45, 2.75) is 198 Å². The Morgan fingerprint density at radius 1 is 0.684 bits per heavy atom. The fourth-order valence-electron chi connectivity index (χ4n) is 6.43. The number of hydrogen-bond donors (Lipinski definition) is 4. The molecule has 1 heterocycles. The molecule has 6 unspecified atom stereocenters. The van der Waals surface area contributed by atoms with Gasteiger partial charge in [-0.3, -0.25) is 9.35 Å². The average molecular weight is 831 g/mol. The van der Waals surface area contributed by atoms with Crippen molar-refractivity contribution in [1.29, 1.82) is 0 Å². The first kappa shape index (κ1) is 53.1. The molecule has 57 heavy (non-hydrogen) atoms. The molecule has 0 aromatic heterocycles. The molecule has 0 radical (unpaired) electrons. The summed E-state index contributed by atoms with van der Waals surface area (Å²) < 4.78 is 58.9. The lowest BCUT2D eigenvalue weighted by Crippen LogP contribution is -2.60. The van der Waals surface area contributed by atoms with Gasteiger partial charge in [0.1, 0.15) is 30.5 Å². The van der Waals surface area contributed by atoms with Gasteiger partial charge >= 0.3 is 16.4 Å². The number of esters is 1. The van der Waals surface area contributed by atoms with Gasteiger partial charge in [0.2, 0.25) is 0 Å². The Bertz CT molecular complexity index is 1190. The van der Waals surface area contributed by atoms with E-state index >= 15 is 0 Å². The highest BCUT2D eigenvalue weighted by Gasteiger charge is 2.48. The van der Waals surface area contributed by atoms with Crippen LogP contribution in [0.3, 0.4) is 0 Å². The predicted molar refractivity (Wildman–Crippen MR) is 225 cm³/mol. The van der Waals surface area contributed by atoms with Crippen LogP contribution < -0.4 is 0 Å². The van der Waals surface area contributed by atoms with E-state index in [9.17, 15) is 28.5 Å². The lowest BCUT2D eigenvalue weighted by Gasteiger charge is -2.41. The van der Waals surface area contributed by atoms with Gasteiger partial charge in [-0.05, 0) is 51.4 Å². The second-order valence-electron chi connectivity index (χ2n) is 14.9. The van der Waals surface area contributed by atoms with Crippen molar-refractivity contribution < 1.29 is 56.2 Å². The Kier molecular flexibility index (Phi) is 33.5. The van der Waals surface area contributed by atoms with E-state index in [0.29, 0.717) is 13.0 Å². The summed E-state index contributed by atoms with van der Waals surface area (Å²) >= 11 is 0. The third-order valence-electron chi connectivity index (χ3n) is 9.72. The molecule has 1 fully saturated rings. The second-order valence-corrected chi connectivity index (χ2v) is 16.0. The van der Waals surface area contributed by atoms with Crippen LogP contribution in [0.5, 0.6) is 0 Å². The van der Waals surface area contributed by atoms with Gasteiger partial charge in [-0.15, -0.1) is 0 Å². The number of unbranched alkanes of at least 4 members (excludes halogenated alkanes) is 16. The molecular formula is C44H78O12S. The van der Waals surface area contributed by atoms with Crippen molar-refractivity contribution in [2.75, 3.05) is 26.4 Å². The molecular weight excluding hydrogens is 753 g/mol. The van der Waals surface area contributed by atoms with E-state index in [2.05, 4.69) is 66.6 Å². The summed E-state index contributed by atoms with van der Waals surface area (Å²) in [6.07, 6.45) is 33.0. The molecule has 12 nitrogen and oxygen atoms in total. The van der Waals surface area contributed by atoms with Crippen LogP contribution in [0.4, 0.5) is 0 Å². The first-order valence-electron chi connectivity index (χ1n) is 21.9. The summed E-state index contributed by atoms with van der Waals surface area (Å²) in [5, 5.41) is 30.6. The predicted octanol–water partition coefficient (Wildman–Crippen LogP) is 8.80. The molecule has 0 aromatic rings. The van der Waals surface area contributed by atoms with Crippen molar-refractivity contribution in [1.82, 2.24) is 0 Å². The minimum atomic E-state index is -5.06. The summed E-state index contributed by atoms with van der Waals surface area (Å²) in [5.41, 5.74) is 0. The highest BCUT2D eigenvalue weighted by Crippen LogP contribution is 2.26. The van der Waals surface area contributed by atoms with Crippen molar-refractivity contribution in [3.8, 4) is 0 Å². The molecule has 0 aromatic carbocycles. The largest absolute Gasteiger partial charge is 0.457 e. The maximum absolute atomic E-state index is 12.8. The Morgan fingerprint density at radius 3 is 1.77 bits per heavy atom. The number of carbonyl (C=O) groups excluding carboxylic acids is 1. The van der Waals surface area contributed by atoms with Crippen LogP contribution >= 0.6 is 0 Å². The molecule has 0 bridgehead atoms. The van der Waals surface area contributed by atoms with Gasteiger partial charge in [-0.1, -0.05) is 152 Å². The van der Waals surface area contributed by atoms with Crippen LogP contribution in [0, 0.1) is 0 Å². The van der Waals surface area contributed by atoms with E-state index in [1.54, 1.807) is 0 Å². The molecule has 13 heteroatoms. The highest BCUT2D eigenvalue weighted by atomic mass is 32.3. The molecule has 332 valence electrons. The lowest BCUT2D eigenvalue weighted by atomic mass is 9.99. The Hall–Kier alpha value is -1.94. The van der Waals surface area contributed by atoms with Crippen LogP contribution in [-0.2, 0) is 38.3 Å². The maximum Gasteiger partial charge on any atom is 0.397 e. The van der Waals surface area contributed by atoms with Crippen LogP contribution in [0.2, 0.25) is 0 Å². The summed E-state index contributed by atoms with van der Waals surface area (Å²) in [6.45, 7) is 3.84. The van der Waals surface area contributed by atoms with Gasteiger partial charge in [0.15, 0.2) is 6.29 Å². The summed E-state index contributed by atoms with van der Waals surface area (Å²) in [7, 11) is -5.06. The minimum Gasteiger partial charge on any atom is -0.457 e. The van der Waals surface area contributed by atoms with Gasteiger partial charge in [0.25, 0.3) is 0 Å². The minimum absolute atomic E-state index is 0.0326. The molecule has 4 N–H and O–H groups in total. The third kappa shape index (κ3) is 29.8. The fourth-order valence-corrected chi connectivity index (χ4v) is 6.94. The summed E-state index contributed by atoms with van der Waals surface area (Å²) in [4.78, 5) is 12.8. The van der Waals surface area contributed by atoms with Crippen molar-refractivity contribution in [2.24, 2.45) is 0 Å². The molecule has 0 amide bonds. The van der Waals surface area contributed by atoms with Gasteiger partial charge in [-0.2, -0.15) is 8.42 Å². The smallest absolute Gasteiger partial charge is 0.397 e. The Morgan fingerprint density at radius 2 is 1.21 bits per heavy atom. The van der Waals surface area contributed by atoms with Crippen LogP contribution in [-0.4, -0.2) is 97.5 Å². The molecule has 0 aliphatic carbocycles. The number of allylic oxidation sites excluding steroid dienone is 8. The first-order chi connectivity index (χ1) is 27.6. The second kappa shape index (κ2) is 36.0. The normalized spacial score (nSPS) is 21.1. The van der Waals surface area contributed by atoms with Gasteiger partial charge in [0, 0.05) is 13.0 Å². The van der Waals surface area contributed by atoms with Gasteiger partial charge in [-0.25, -0.2) is 4.18 Å². The maximum atomic E-state index is 12.8. The van der Waals surface area contributed by atoms with Gasteiger partial charge in [0.05, 0.1) is 19.8 Å². The third-order valence-corrected chi connectivity index (χ3v) is 10.2. The van der Waals surface area contributed by atoms with E-state index in [0.717, 1.165) is 70.6 Å². The zero-order valence-electron chi connectivity index (χ0n) is 35.1. The molecule has 1 saturated heterocycles. The van der Waals surface area contributed by atoms with Crippen molar-refractivity contribution in [3.05, 3.63) is 48.6 Å². The number of rotatable bonds is 37. The fraction of sp³-hybridized carbons (Fsp3) is 0.795. The highest BCUT2D eigenvalue weighted by molar-refractivity contribution is 7.80. The quantitative estimate of drug-likeness (QED) is 0.0203. The first-order valence-corrected chi connectivity index (χ1v) is 23.3. The summed E-state index contributed by atoms with van der Waals surface area (Å²) in [5.74, 6) is -0.410. The van der Waals surface area contributed by atoms with Gasteiger partial charge < -0.3 is 34.3 Å². The van der Waals surface area contributed by atoms with Crippen LogP contribution in [0.1, 0.15) is 162 Å². The molecule has 0 spiro atoms. The van der Waals surface area contributed by atoms with Crippen LogP contribution in [0.25, 0.3) is 0 Å². The van der Waals surface area contributed by atoms with E-state index in [4.69, 9.17) is 23.5 Å². The Labute approximate surface area is 345 Å². The Balaban J connectivity index is 2.39. The zero-order chi connectivity index (χ0) is 41.8. The molecule has 0 saturated carbocycles. The standard InChI is InChI=1S/C44H78O12S/c1-3-5-7-9-11-13-14-15-16-17-18-19-20-21-22-23-24-25-27-29-31-33-40(46)54-38(36-52-34-32-30-28-26-12-10-8-6-4-2)37-53-44-42(48)43(56-57(49,50)51)41(47)39(35-45)55-44/h5,7,11,13,15-16,18-19,38-39,41-45,47-48H,3-4,6,8-10,12,14,17,20-37H2,1-2H3,(H,49,50,51)/b7-5-,13-11-,16-15-,19-18-. The molecule has 1 aliphatic heterocycles. The number of hydrogen-bond acceptors (Lipinski definition) is 11. The monoisotopic (exact) mass is 831 g/mol. The molecule has 6 atom stereocenters. The SMILES string of the molecule is CC/C=C\C/C=C\C/C=C\C/C=C\CCCCCCCCCCC(=O)OC(COCCCCCCCCCCC)COC1OC(CO)C(O)C(OS(=O)(=O)O)C1O. The number of ether oxygens (including phenoxy) is 4. The van der Waals surface area contributed by atoms with Crippen molar-refractivity contribution in [3.63, 3.8) is 0 Å². The van der Waals surface area contributed by atoms with E-state index in [1.807, 2.05) is 0 Å². The molecule has 1 aliphatic rings. The zero-order valence-corrected chi connectivity index (χ0v) is 36.0. The number of aliphatic hydroxyl groups excluding tert-OH is 3. The topological polar surface area (TPSA) is 178 Å². The number of carbonyl (C=O) groups is 1. The molecule has 1 rings (SSSR count). The van der Waals surface area contributed by atoms with Crippen LogP contribution in [0.15, 0.2) is 48.6 Å². The summed E-state index contributed by atoms with van der Waals surface area (Å²) in [6, 6.07) is 0. The lowest BCUT2D eigenvalue weighted by molar-refractivity contribution is -0.301. The van der Waals surface area contributed by atoms with E-state index in [1.165, 1.54) is 64.2 Å².